The van der Waals surface area contributed by atoms with Crippen molar-refractivity contribution in [3.63, 3.8) is 0 Å². The van der Waals surface area contributed by atoms with Crippen molar-refractivity contribution in [2.75, 3.05) is 13.2 Å². The predicted octanol–water partition coefficient (Wildman–Crippen LogP) is 4.30. The minimum Gasteiger partial charge on any atom is -0.490 e. The van der Waals surface area contributed by atoms with Crippen molar-refractivity contribution in [1.82, 2.24) is 0 Å². The van der Waals surface area contributed by atoms with E-state index in [4.69, 9.17) is 21.1 Å². The number of hydrogen-bond donors (Lipinski definition) is 0. The maximum Gasteiger partial charge on any atom is 0.133 e. The van der Waals surface area contributed by atoms with Gasteiger partial charge in [0, 0.05) is 5.02 Å². The minimum atomic E-state index is 0.188. The van der Waals surface area contributed by atoms with Crippen molar-refractivity contribution < 1.29 is 9.47 Å². The molecule has 1 unspecified atom stereocenters. The minimum absolute atomic E-state index is 0.188. The molecule has 0 N–H and O–H groups in total. The van der Waals surface area contributed by atoms with Crippen LogP contribution in [0.15, 0.2) is 22.7 Å². The van der Waals surface area contributed by atoms with Crippen LogP contribution in [-0.2, 0) is 4.74 Å². The summed E-state index contributed by atoms with van der Waals surface area (Å²) < 4.78 is 12.3. The second-order valence-electron chi connectivity index (χ2n) is 5.19. The Morgan fingerprint density at radius 2 is 2.29 bits per heavy atom. The summed E-state index contributed by atoms with van der Waals surface area (Å²) >= 11 is 9.30. The van der Waals surface area contributed by atoms with Crippen LogP contribution in [0.1, 0.15) is 20.3 Å². The molecule has 1 aliphatic rings. The Morgan fingerprint density at radius 1 is 1.53 bits per heavy atom. The number of benzene rings is 1. The fourth-order valence-electron chi connectivity index (χ4n) is 1.96. The highest BCUT2D eigenvalue weighted by atomic mass is 79.9. The molecule has 1 aromatic carbocycles. The lowest BCUT2D eigenvalue weighted by Crippen LogP contribution is -2.17. The van der Waals surface area contributed by atoms with Crippen LogP contribution in [0.5, 0.6) is 5.75 Å². The summed E-state index contributed by atoms with van der Waals surface area (Å²) in [6.07, 6.45) is 1.23. The molecule has 0 amide bonds. The molecule has 4 heteroatoms. The van der Waals surface area contributed by atoms with Gasteiger partial charge in [0.1, 0.15) is 12.4 Å². The Hall–Kier alpha value is -0.250. The molecule has 1 aromatic rings. The van der Waals surface area contributed by atoms with Crippen molar-refractivity contribution in [3.8, 4) is 5.75 Å². The quantitative estimate of drug-likeness (QED) is 0.827. The fraction of sp³-hybridized carbons (Fsp3) is 0.538. The highest BCUT2D eigenvalue weighted by molar-refractivity contribution is 9.10. The summed E-state index contributed by atoms with van der Waals surface area (Å²) in [5.41, 5.74) is 0.269. The molecule has 1 aliphatic heterocycles. The van der Waals surface area contributed by atoms with Crippen LogP contribution in [0.25, 0.3) is 0 Å². The van der Waals surface area contributed by atoms with E-state index in [0.717, 1.165) is 23.2 Å². The molecule has 0 spiro atoms. The number of ether oxygens (including phenoxy) is 2. The maximum atomic E-state index is 5.87. The molecule has 1 heterocycles. The van der Waals surface area contributed by atoms with Crippen molar-refractivity contribution in [2.45, 2.75) is 26.4 Å². The second kappa shape index (κ2) is 5.17. The van der Waals surface area contributed by atoms with E-state index in [9.17, 15) is 0 Å². The number of hydrogen-bond acceptors (Lipinski definition) is 2. The van der Waals surface area contributed by atoms with Gasteiger partial charge in [-0.25, -0.2) is 0 Å². The van der Waals surface area contributed by atoms with Crippen LogP contribution >= 0.6 is 27.5 Å². The molecular weight excluding hydrogens is 303 g/mol. The molecule has 94 valence electrons. The Morgan fingerprint density at radius 3 is 2.88 bits per heavy atom. The lowest BCUT2D eigenvalue weighted by Gasteiger charge is -2.15. The van der Waals surface area contributed by atoms with Gasteiger partial charge < -0.3 is 9.47 Å². The van der Waals surface area contributed by atoms with Gasteiger partial charge in [0.25, 0.3) is 0 Å². The van der Waals surface area contributed by atoms with Crippen LogP contribution in [0.4, 0.5) is 0 Å². The molecule has 0 saturated carbocycles. The third-order valence-corrected chi connectivity index (χ3v) is 3.66. The standard InChI is InChI=1S/C13H16BrClO2/c1-13(2)6-10(17-8-13)7-16-12-4-3-9(15)5-11(12)14/h3-5,10H,6-8H2,1-2H3. The van der Waals surface area contributed by atoms with Crippen molar-refractivity contribution in [3.05, 3.63) is 27.7 Å². The molecule has 1 atom stereocenters. The van der Waals surface area contributed by atoms with E-state index in [-0.39, 0.29) is 11.5 Å². The zero-order valence-corrected chi connectivity index (χ0v) is 12.3. The lowest BCUT2D eigenvalue weighted by molar-refractivity contribution is 0.0624. The van der Waals surface area contributed by atoms with E-state index in [1.807, 2.05) is 18.2 Å². The first-order valence-corrected chi connectivity index (χ1v) is 6.83. The highest BCUT2D eigenvalue weighted by Crippen LogP contribution is 2.33. The Balaban J connectivity index is 1.90. The Bertz CT molecular complexity index is 406. The molecule has 2 nitrogen and oxygen atoms in total. The number of halogens is 2. The van der Waals surface area contributed by atoms with Crippen LogP contribution < -0.4 is 4.74 Å². The van der Waals surface area contributed by atoms with Gasteiger partial charge in [-0.05, 0) is 46.0 Å². The average Bonchev–Trinajstić information content (AvgIpc) is 2.57. The molecular formula is C13H16BrClO2. The van der Waals surface area contributed by atoms with E-state index >= 15 is 0 Å². The third-order valence-electron chi connectivity index (χ3n) is 2.81. The summed E-state index contributed by atoms with van der Waals surface area (Å²) in [5.74, 6) is 0.808. The van der Waals surface area contributed by atoms with Gasteiger partial charge in [-0.1, -0.05) is 25.4 Å². The van der Waals surface area contributed by atoms with Crippen LogP contribution in [0.3, 0.4) is 0 Å². The van der Waals surface area contributed by atoms with Gasteiger partial charge in [0.05, 0.1) is 17.2 Å². The number of rotatable bonds is 3. The van der Waals surface area contributed by atoms with E-state index < -0.39 is 0 Å². The summed E-state index contributed by atoms with van der Waals surface area (Å²) in [7, 11) is 0. The van der Waals surface area contributed by atoms with Crippen LogP contribution in [0.2, 0.25) is 5.02 Å². The molecule has 0 aliphatic carbocycles. The van der Waals surface area contributed by atoms with Gasteiger partial charge in [-0.15, -0.1) is 0 Å². The molecule has 1 fully saturated rings. The largest absolute Gasteiger partial charge is 0.490 e. The fourth-order valence-corrected chi connectivity index (χ4v) is 2.76. The second-order valence-corrected chi connectivity index (χ2v) is 6.48. The zero-order valence-electron chi connectivity index (χ0n) is 10.0. The zero-order chi connectivity index (χ0) is 12.5. The normalized spacial score (nSPS) is 22.7. The topological polar surface area (TPSA) is 18.5 Å². The molecule has 2 rings (SSSR count). The Kier molecular flexibility index (Phi) is 4.01. The summed E-state index contributed by atoms with van der Waals surface area (Å²) in [6, 6.07) is 5.52. The summed E-state index contributed by atoms with van der Waals surface area (Å²) in [6.45, 7) is 5.82. The molecule has 0 bridgehead atoms. The van der Waals surface area contributed by atoms with E-state index in [2.05, 4.69) is 29.8 Å². The van der Waals surface area contributed by atoms with Gasteiger partial charge in [0.2, 0.25) is 0 Å². The Labute approximate surface area is 115 Å². The highest BCUT2D eigenvalue weighted by Gasteiger charge is 2.32. The van der Waals surface area contributed by atoms with Gasteiger partial charge in [-0.3, -0.25) is 0 Å². The van der Waals surface area contributed by atoms with E-state index in [1.165, 1.54) is 0 Å². The first-order chi connectivity index (χ1) is 7.96. The average molecular weight is 320 g/mol. The third kappa shape index (κ3) is 3.60. The first kappa shape index (κ1) is 13.2. The predicted molar refractivity (Wildman–Crippen MR) is 72.8 cm³/mol. The molecule has 0 aromatic heterocycles. The van der Waals surface area contributed by atoms with E-state index in [1.54, 1.807) is 0 Å². The lowest BCUT2D eigenvalue weighted by atomic mass is 9.91. The molecule has 17 heavy (non-hydrogen) atoms. The summed E-state index contributed by atoms with van der Waals surface area (Å²) in [4.78, 5) is 0. The monoisotopic (exact) mass is 318 g/mol. The SMILES string of the molecule is CC1(C)COC(COc2ccc(Cl)cc2Br)C1. The maximum absolute atomic E-state index is 5.87. The van der Waals surface area contributed by atoms with Gasteiger partial charge >= 0.3 is 0 Å². The van der Waals surface area contributed by atoms with E-state index in [0.29, 0.717) is 11.6 Å². The summed E-state index contributed by atoms with van der Waals surface area (Å²) in [5, 5.41) is 0.697. The van der Waals surface area contributed by atoms with Crippen LogP contribution in [0, 0.1) is 5.41 Å². The molecule has 0 radical (unpaired) electrons. The van der Waals surface area contributed by atoms with Crippen molar-refractivity contribution in [1.29, 1.82) is 0 Å². The first-order valence-electron chi connectivity index (χ1n) is 5.66. The van der Waals surface area contributed by atoms with Crippen molar-refractivity contribution >= 4 is 27.5 Å². The van der Waals surface area contributed by atoms with Gasteiger partial charge in [0.15, 0.2) is 0 Å². The molecule has 1 saturated heterocycles. The van der Waals surface area contributed by atoms with Gasteiger partial charge in [-0.2, -0.15) is 0 Å². The van der Waals surface area contributed by atoms with Crippen molar-refractivity contribution in [2.24, 2.45) is 5.41 Å². The van der Waals surface area contributed by atoms with Crippen LogP contribution in [-0.4, -0.2) is 19.3 Å². The smallest absolute Gasteiger partial charge is 0.133 e.